The van der Waals surface area contributed by atoms with Crippen molar-refractivity contribution >= 4 is 35.0 Å². The summed E-state index contributed by atoms with van der Waals surface area (Å²) in [6.07, 6.45) is 1.07. The Morgan fingerprint density at radius 2 is 1.86 bits per heavy atom. The molecule has 35 heavy (non-hydrogen) atoms. The number of hydrogen-bond acceptors (Lipinski definition) is 5. The first-order valence-electron chi connectivity index (χ1n) is 11.6. The van der Waals surface area contributed by atoms with Gasteiger partial charge in [0, 0.05) is 50.2 Å². The lowest BCUT2D eigenvalue weighted by atomic mass is 10.0. The Morgan fingerprint density at radius 1 is 1.11 bits per heavy atom. The Labute approximate surface area is 213 Å². The third-order valence-electron chi connectivity index (χ3n) is 6.18. The third-order valence-corrected chi connectivity index (χ3v) is 7.43. The van der Waals surface area contributed by atoms with Gasteiger partial charge in [-0.05, 0) is 36.2 Å². The lowest BCUT2D eigenvalue weighted by Gasteiger charge is -2.36. The number of anilines is 1. The molecule has 9 heteroatoms. The van der Waals surface area contributed by atoms with E-state index in [2.05, 4.69) is 0 Å². The summed E-state index contributed by atoms with van der Waals surface area (Å²) in [5.41, 5.74) is 2.80. The number of benzene rings is 2. The number of carbonyl (C=O) groups is 1. The van der Waals surface area contributed by atoms with Gasteiger partial charge in [0.05, 0.1) is 17.1 Å². The molecule has 1 aromatic heterocycles. The van der Waals surface area contributed by atoms with Crippen molar-refractivity contribution < 1.29 is 9.18 Å². The number of thioether (sulfide) groups is 1. The first kappa shape index (κ1) is 25.3. The van der Waals surface area contributed by atoms with Crippen molar-refractivity contribution in [3.63, 3.8) is 0 Å². The Balaban J connectivity index is 1.40. The van der Waals surface area contributed by atoms with Crippen LogP contribution in [0.5, 0.6) is 0 Å². The lowest BCUT2D eigenvalue weighted by molar-refractivity contribution is -0.128. The summed E-state index contributed by atoms with van der Waals surface area (Å²) in [5, 5.41) is 1.16. The van der Waals surface area contributed by atoms with Crippen LogP contribution in [0.15, 0.2) is 58.5 Å². The zero-order chi connectivity index (χ0) is 24.9. The fourth-order valence-corrected chi connectivity index (χ4v) is 5.34. The minimum atomic E-state index is -0.250. The van der Waals surface area contributed by atoms with Gasteiger partial charge in [0.1, 0.15) is 5.82 Å². The molecule has 3 aromatic rings. The van der Waals surface area contributed by atoms with Crippen LogP contribution < -0.4 is 10.5 Å². The zero-order valence-electron chi connectivity index (χ0n) is 19.8. The monoisotopic (exact) mass is 514 g/mol. The molecular weight excluding hydrogens is 487 g/mol. The van der Waals surface area contributed by atoms with Gasteiger partial charge in [-0.15, -0.1) is 0 Å². The standard InChI is InChI=1S/C26H28ClFN4O2S/c1-3-22-20(16-18-7-6-8-19(27)15-18)25(34)30(2)26(29-22)35-17-24(33)32-13-11-31(12-14-32)23-10-5-4-9-21(23)28/h4-10,15H,3,11-14,16-17H2,1-2H3. The van der Waals surface area contributed by atoms with Gasteiger partial charge in [0.15, 0.2) is 5.16 Å². The van der Waals surface area contributed by atoms with Crippen molar-refractivity contribution in [2.75, 3.05) is 36.8 Å². The van der Waals surface area contributed by atoms with E-state index < -0.39 is 0 Å². The molecule has 0 N–H and O–H groups in total. The quantitative estimate of drug-likeness (QED) is 0.350. The Kier molecular flexibility index (Phi) is 8.13. The van der Waals surface area contributed by atoms with Crippen LogP contribution in [0.2, 0.25) is 5.02 Å². The van der Waals surface area contributed by atoms with Gasteiger partial charge >= 0.3 is 0 Å². The van der Waals surface area contributed by atoms with Gasteiger partial charge in [-0.2, -0.15) is 0 Å². The first-order valence-corrected chi connectivity index (χ1v) is 13.0. The van der Waals surface area contributed by atoms with Crippen LogP contribution in [0.4, 0.5) is 10.1 Å². The van der Waals surface area contributed by atoms with Crippen molar-refractivity contribution in [1.82, 2.24) is 14.5 Å². The fraction of sp³-hybridized carbons (Fsp3) is 0.346. The van der Waals surface area contributed by atoms with Gasteiger partial charge < -0.3 is 9.80 Å². The van der Waals surface area contributed by atoms with E-state index in [0.29, 0.717) is 60.5 Å². The van der Waals surface area contributed by atoms with E-state index >= 15 is 0 Å². The molecule has 1 fully saturated rings. The van der Waals surface area contributed by atoms with Gasteiger partial charge in [-0.25, -0.2) is 9.37 Å². The number of rotatable bonds is 7. The highest BCUT2D eigenvalue weighted by molar-refractivity contribution is 7.99. The second-order valence-electron chi connectivity index (χ2n) is 8.45. The number of aromatic nitrogens is 2. The topological polar surface area (TPSA) is 58.4 Å². The van der Waals surface area contributed by atoms with Crippen molar-refractivity contribution in [3.8, 4) is 0 Å². The summed E-state index contributed by atoms with van der Waals surface area (Å²) < 4.78 is 15.6. The Bertz CT molecular complexity index is 1270. The van der Waals surface area contributed by atoms with Crippen molar-refractivity contribution in [2.24, 2.45) is 7.05 Å². The van der Waals surface area contributed by atoms with Crippen LogP contribution in [0.1, 0.15) is 23.7 Å². The van der Waals surface area contributed by atoms with E-state index in [1.165, 1.54) is 22.4 Å². The predicted octanol–water partition coefficient (Wildman–Crippen LogP) is 4.17. The summed E-state index contributed by atoms with van der Waals surface area (Å²) in [5.74, 6) is -0.0737. The number of amides is 1. The molecule has 2 heterocycles. The molecule has 184 valence electrons. The summed E-state index contributed by atoms with van der Waals surface area (Å²) in [4.78, 5) is 34.5. The fourth-order valence-electron chi connectivity index (χ4n) is 4.24. The average Bonchev–Trinajstić information content (AvgIpc) is 2.87. The minimum absolute atomic E-state index is 0.0153. The molecule has 1 saturated heterocycles. The molecule has 0 atom stereocenters. The van der Waals surface area contributed by atoms with Crippen molar-refractivity contribution in [2.45, 2.75) is 24.9 Å². The summed E-state index contributed by atoms with van der Waals surface area (Å²) in [6, 6.07) is 14.2. The third kappa shape index (κ3) is 5.87. The summed E-state index contributed by atoms with van der Waals surface area (Å²) in [7, 11) is 1.69. The molecule has 0 aliphatic carbocycles. The zero-order valence-corrected chi connectivity index (χ0v) is 21.4. The second-order valence-corrected chi connectivity index (χ2v) is 9.83. The predicted molar refractivity (Wildman–Crippen MR) is 139 cm³/mol. The maximum Gasteiger partial charge on any atom is 0.257 e. The van der Waals surface area contributed by atoms with Gasteiger partial charge in [-0.3, -0.25) is 14.2 Å². The average molecular weight is 515 g/mol. The second kappa shape index (κ2) is 11.3. The van der Waals surface area contributed by atoms with Crippen LogP contribution in [-0.2, 0) is 24.7 Å². The Morgan fingerprint density at radius 3 is 2.54 bits per heavy atom. The summed E-state index contributed by atoms with van der Waals surface area (Å²) in [6.45, 7) is 4.17. The molecule has 1 amide bonds. The molecule has 0 unspecified atom stereocenters. The highest BCUT2D eigenvalue weighted by atomic mass is 35.5. The van der Waals surface area contributed by atoms with Crippen molar-refractivity contribution in [3.05, 3.63) is 86.5 Å². The maximum atomic E-state index is 14.1. The Hall–Kier alpha value is -2.84. The molecular formula is C26H28ClFN4O2S. The number of para-hydroxylation sites is 1. The van der Waals surface area contributed by atoms with Crippen molar-refractivity contribution in [1.29, 1.82) is 0 Å². The highest BCUT2D eigenvalue weighted by Gasteiger charge is 2.23. The van der Waals surface area contributed by atoms with E-state index in [9.17, 15) is 14.0 Å². The molecule has 0 saturated carbocycles. The number of aryl methyl sites for hydroxylation is 1. The lowest BCUT2D eigenvalue weighted by Crippen LogP contribution is -2.49. The normalized spacial score (nSPS) is 13.8. The number of piperazine rings is 1. The van der Waals surface area contributed by atoms with Crippen LogP contribution in [0.3, 0.4) is 0 Å². The molecule has 1 aliphatic heterocycles. The molecule has 0 spiro atoms. The molecule has 0 radical (unpaired) electrons. The first-order chi connectivity index (χ1) is 16.9. The van der Waals surface area contributed by atoms with Gasteiger partial charge in [-0.1, -0.05) is 54.6 Å². The SMILES string of the molecule is CCc1nc(SCC(=O)N2CCN(c3ccccc3F)CC2)n(C)c(=O)c1Cc1cccc(Cl)c1. The highest BCUT2D eigenvalue weighted by Crippen LogP contribution is 2.22. The van der Waals surface area contributed by atoms with E-state index in [1.54, 1.807) is 30.1 Å². The number of carbonyl (C=O) groups excluding carboxylic acids is 1. The van der Waals surface area contributed by atoms with Crippen LogP contribution in [0.25, 0.3) is 0 Å². The van der Waals surface area contributed by atoms with E-state index in [0.717, 1.165) is 11.3 Å². The number of nitrogens with zero attached hydrogens (tertiary/aromatic N) is 4. The molecule has 0 bridgehead atoms. The summed E-state index contributed by atoms with van der Waals surface area (Å²) >= 11 is 7.38. The number of hydrogen-bond donors (Lipinski definition) is 0. The molecule has 6 nitrogen and oxygen atoms in total. The smallest absolute Gasteiger partial charge is 0.257 e. The van der Waals surface area contributed by atoms with E-state index in [1.807, 2.05) is 36.1 Å². The minimum Gasteiger partial charge on any atom is -0.366 e. The molecule has 4 rings (SSSR count). The van der Waals surface area contributed by atoms with E-state index in [4.69, 9.17) is 16.6 Å². The van der Waals surface area contributed by atoms with Crippen LogP contribution >= 0.6 is 23.4 Å². The van der Waals surface area contributed by atoms with Crippen LogP contribution in [0, 0.1) is 5.82 Å². The van der Waals surface area contributed by atoms with Gasteiger partial charge in [0.2, 0.25) is 5.91 Å². The van der Waals surface area contributed by atoms with E-state index in [-0.39, 0.29) is 23.0 Å². The largest absolute Gasteiger partial charge is 0.366 e. The maximum absolute atomic E-state index is 14.1. The van der Waals surface area contributed by atoms with Crippen LogP contribution in [-0.4, -0.2) is 52.3 Å². The molecule has 2 aromatic carbocycles. The molecule has 1 aliphatic rings. The van der Waals surface area contributed by atoms with Gasteiger partial charge in [0.25, 0.3) is 5.56 Å². The number of halogens is 2.